The molecule has 0 saturated heterocycles. The van der Waals surface area contributed by atoms with Gasteiger partial charge in [-0.15, -0.1) is 0 Å². The van der Waals surface area contributed by atoms with Gasteiger partial charge in [-0.3, -0.25) is 0 Å². The van der Waals surface area contributed by atoms with Gasteiger partial charge in [0.2, 0.25) is 0 Å². The van der Waals surface area contributed by atoms with Crippen LogP contribution in [-0.2, 0) is 16.3 Å². The highest BCUT2D eigenvalue weighted by molar-refractivity contribution is 7.91. The van der Waals surface area contributed by atoms with Crippen LogP contribution in [0.1, 0.15) is 18.9 Å². The van der Waals surface area contributed by atoms with Gasteiger partial charge < -0.3 is 10.5 Å². The summed E-state index contributed by atoms with van der Waals surface area (Å²) in [5.41, 5.74) is 6.15. The van der Waals surface area contributed by atoms with E-state index < -0.39 is 15.7 Å². The van der Waals surface area contributed by atoms with E-state index in [1.165, 1.54) is 12.1 Å². The number of hydrogen-bond acceptors (Lipinski definition) is 4. The van der Waals surface area contributed by atoms with Gasteiger partial charge in [0.15, 0.2) is 9.84 Å². The summed E-state index contributed by atoms with van der Waals surface area (Å²) in [6.45, 7) is 2.27. The smallest absolute Gasteiger partial charge is 0.153 e. The zero-order valence-electron chi connectivity index (χ0n) is 11.1. The minimum absolute atomic E-state index is 0.0356. The number of sulfone groups is 1. The lowest BCUT2D eigenvalue weighted by atomic mass is 10.1. The third-order valence-electron chi connectivity index (χ3n) is 2.54. The maximum Gasteiger partial charge on any atom is 0.153 e. The number of ether oxygens (including phenoxy) is 1. The average molecular weight is 289 g/mol. The van der Waals surface area contributed by atoms with Crippen LogP contribution in [0.2, 0.25) is 0 Å². The van der Waals surface area contributed by atoms with Crippen molar-refractivity contribution in [3.05, 3.63) is 29.6 Å². The van der Waals surface area contributed by atoms with Crippen LogP contribution in [0.3, 0.4) is 0 Å². The van der Waals surface area contributed by atoms with E-state index in [2.05, 4.69) is 0 Å². The first-order valence-electron chi connectivity index (χ1n) is 6.29. The maximum atomic E-state index is 13.3. The first-order chi connectivity index (χ1) is 8.96. The van der Waals surface area contributed by atoms with Crippen molar-refractivity contribution < 1.29 is 17.5 Å². The van der Waals surface area contributed by atoms with Crippen molar-refractivity contribution in [2.45, 2.75) is 19.8 Å². The van der Waals surface area contributed by atoms with Crippen LogP contribution in [0.25, 0.3) is 0 Å². The first kappa shape index (κ1) is 15.9. The number of hydrogen-bond donors (Lipinski definition) is 1. The maximum absolute atomic E-state index is 13.3. The van der Waals surface area contributed by atoms with Crippen LogP contribution in [-0.4, -0.2) is 33.1 Å². The Balaban J connectivity index is 2.58. The van der Waals surface area contributed by atoms with Gasteiger partial charge in [0.1, 0.15) is 18.2 Å². The summed E-state index contributed by atoms with van der Waals surface area (Å²) in [6.07, 6.45) is 1.14. The normalized spacial score (nSPS) is 11.5. The zero-order chi connectivity index (χ0) is 14.3. The van der Waals surface area contributed by atoms with Crippen LogP contribution < -0.4 is 10.5 Å². The highest BCUT2D eigenvalue weighted by atomic mass is 32.2. The van der Waals surface area contributed by atoms with Gasteiger partial charge in [0.05, 0.1) is 11.5 Å². The zero-order valence-corrected chi connectivity index (χ0v) is 11.9. The van der Waals surface area contributed by atoms with Gasteiger partial charge in [-0.25, -0.2) is 12.8 Å². The van der Waals surface area contributed by atoms with Crippen molar-refractivity contribution in [1.29, 1.82) is 0 Å². The molecule has 0 aromatic heterocycles. The van der Waals surface area contributed by atoms with E-state index in [9.17, 15) is 12.8 Å². The van der Waals surface area contributed by atoms with Crippen LogP contribution in [0.15, 0.2) is 18.2 Å². The molecule has 4 nitrogen and oxygen atoms in total. The number of halogens is 1. The summed E-state index contributed by atoms with van der Waals surface area (Å²) in [6, 6.07) is 4.32. The molecular weight excluding hydrogens is 269 g/mol. The largest absolute Gasteiger partial charge is 0.492 e. The average Bonchev–Trinajstić information content (AvgIpc) is 2.28. The Bertz CT molecular complexity index is 503. The minimum Gasteiger partial charge on any atom is -0.492 e. The lowest BCUT2D eigenvalue weighted by Gasteiger charge is -2.08. The number of benzene rings is 1. The molecule has 0 aliphatic rings. The van der Waals surface area contributed by atoms with E-state index in [1.807, 2.05) is 6.92 Å². The fourth-order valence-electron chi connectivity index (χ4n) is 1.71. The molecule has 0 radical (unpaired) electrons. The Morgan fingerprint density at radius 1 is 1.26 bits per heavy atom. The number of nitrogens with two attached hydrogens (primary N) is 1. The molecule has 0 heterocycles. The van der Waals surface area contributed by atoms with Crippen LogP contribution in [0, 0.1) is 5.82 Å². The Kier molecular flexibility index (Phi) is 6.24. The molecule has 0 spiro atoms. The lowest BCUT2D eigenvalue weighted by molar-refractivity contribution is 0.338. The van der Waals surface area contributed by atoms with Gasteiger partial charge in [-0.1, -0.05) is 6.92 Å². The summed E-state index contributed by atoms with van der Waals surface area (Å²) >= 11 is 0. The SMILES string of the molecule is CCCS(=O)(=O)CCOc1cc(F)cc(CCN)c1. The highest BCUT2D eigenvalue weighted by Gasteiger charge is 2.10. The van der Waals surface area contributed by atoms with Crippen molar-refractivity contribution in [2.75, 3.05) is 24.7 Å². The fourth-order valence-corrected chi connectivity index (χ4v) is 2.88. The molecule has 2 N–H and O–H groups in total. The van der Waals surface area contributed by atoms with Gasteiger partial charge in [0, 0.05) is 6.07 Å². The fraction of sp³-hybridized carbons (Fsp3) is 0.538. The van der Waals surface area contributed by atoms with E-state index >= 15 is 0 Å². The van der Waals surface area contributed by atoms with Crippen molar-refractivity contribution in [2.24, 2.45) is 5.73 Å². The van der Waals surface area contributed by atoms with E-state index in [0.29, 0.717) is 25.1 Å². The molecule has 1 aromatic rings. The minimum atomic E-state index is -3.07. The Labute approximate surface area is 113 Å². The summed E-state index contributed by atoms with van der Waals surface area (Å²) in [4.78, 5) is 0. The molecule has 19 heavy (non-hydrogen) atoms. The molecule has 0 unspecified atom stereocenters. The molecule has 1 aromatic carbocycles. The van der Waals surface area contributed by atoms with Crippen LogP contribution in [0.4, 0.5) is 4.39 Å². The summed E-state index contributed by atoms with van der Waals surface area (Å²) in [5.74, 6) is 0.0362. The monoisotopic (exact) mass is 289 g/mol. The number of rotatable bonds is 8. The van der Waals surface area contributed by atoms with E-state index in [1.54, 1.807) is 6.07 Å². The molecule has 6 heteroatoms. The molecule has 0 amide bonds. The predicted octanol–water partition coefficient (Wildman–Crippen LogP) is 1.53. The van der Waals surface area contributed by atoms with Crippen LogP contribution >= 0.6 is 0 Å². The summed E-state index contributed by atoms with van der Waals surface area (Å²) in [5, 5.41) is 0. The molecule has 0 fully saturated rings. The Hall–Kier alpha value is -1.14. The third-order valence-corrected chi connectivity index (χ3v) is 4.36. The standard InChI is InChI=1S/C13H20FNO3S/c1-2-6-19(16,17)7-5-18-13-9-11(3-4-15)8-12(14)10-13/h8-10H,2-7,15H2,1H3. The van der Waals surface area contributed by atoms with Crippen molar-refractivity contribution in [3.8, 4) is 5.75 Å². The molecule has 108 valence electrons. The lowest BCUT2D eigenvalue weighted by Crippen LogP contribution is -2.16. The molecule has 0 aliphatic carbocycles. The van der Waals surface area contributed by atoms with Gasteiger partial charge >= 0.3 is 0 Å². The van der Waals surface area contributed by atoms with E-state index in [4.69, 9.17) is 10.5 Å². The van der Waals surface area contributed by atoms with Crippen molar-refractivity contribution in [1.82, 2.24) is 0 Å². The third kappa shape index (κ3) is 6.02. The molecule has 0 bridgehead atoms. The second-order valence-electron chi connectivity index (χ2n) is 4.33. The van der Waals surface area contributed by atoms with Gasteiger partial charge in [0.25, 0.3) is 0 Å². The Morgan fingerprint density at radius 2 is 2.00 bits per heavy atom. The molecular formula is C13H20FNO3S. The Morgan fingerprint density at radius 3 is 2.63 bits per heavy atom. The van der Waals surface area contributed by atoms with Crippen LogP contribution in [0.5, 0.6) is 5.75 Å². The quantitative estimate of drug-likeness (QED) is 0.788. The van der Waals surface area contributed by atoms with Gasteiger partial charge in [-0.2, -0.15) is 0 Å². The molecule has 1 rings (SSSR count). The highest BCUT2D eigenvalue weighted by Crippen LogP contribution is 2.16. The topological polar surface area (TPSA) is 69.4 Å². The first-order valence-corrected chi connectivity index (χ1v) is 8.11. The van der Waals surface area contributed by atoms with Crippen molar-refractivity contribution in [3.63, 3.8) is 0 Å². The molecule has 0 atom stereocenters. The summed E-state index contributed by atoms with van der Waals surface area (Å²) < 4.78 is 41.6. The predicted molar refractivity (Wildman–Crippen MR) is 73.6 cm³/mol. The van der Waals surface area contributed by atoms with E-state index in [0.717, 1.165) is 5.56 Å². The van der Waals surface area contributed by atoms with Crippen molar-refractivity contribution >= 4 is 9.84 Å². The molecule has 0 saturated carbocycles. The van der Waals surface area contributed by atoms with Gasteiger partial charge in [-0.05, 0) is 37.1 Å². The summed E-state index contributed by atoms with van der Waals surface area (Å²) in [7, 11) is -3.07. The second-order valence-corrected chi connectivity index (χ2v) is 6.64. The molecule has 0 aliphatic heterocycles. The second kappa shape index (κ2) is 7.45. The van der Waals surface area contributed by atoms with E-state index in [-0.39, 0.29) is 18.1 Å².